The Balaban J connectivity index is 1.47. The lowest BCUT2D eigenvalue weighted by molar-refractivity contribution is 0.0725. The van der Waals surface area contributed by atoms with Crippen molar-refractivity contribution in [2.45, 2.75) is 19.3 Å². The molecule has 1 aliphatic rings. The van der Waals surface area contributed by atoms with Gasteiger partial charge >= 0.3 is 0 Å². The first-order valence-corrected chi connectivity index (χ1v) is 9.35. The summed E-state index contributed by atoms with van der Waals surface area (Å²) in [7, 11) is 1.90. The molecule has 134 valence electrons. The lowest BCUT2D eigenvalue weighted by Gasteiger charge is -2.34. The third-order valence-electron chi connectivity index (χ3n) is 4.94. The maximum absolute atomic E-state index is 12.4. The van der Waals surface area contributed by atoms with E-state index in [0.717, 1.165) is 37.6 Å². The van der Waals surface area contributed by atoms with Gasteiger partial charge in [0.2, 0.25) is 0 Å². The second kappa shape index (κ2) is 8.54. The Bertz CT molecular complexity index is 669. The Hall–Kier alpha value is -1.78. The van der Waals surface area contributed by atoms with Crippen molar-refractivity contribution in [3.05, 3.63) is 58.9 Å². The minimum atomic E-state index is 0.0725. The van der Waals surface area contributed by atoms with Crippen LogP contribution >= 0.6 is 11.6 Å². The topological polar surface area (TPSA) is 39.3 Å². The summed E-state index contributed by atoms with van der Waals surface area (Å²) in [4.78, 5) is 19.7. The Labute approximate surface area is 154 Å². The highest BCUT2D eigenvalue weighted by molar-refractivity contribution is 6.30. The van der Waals surface area contributed by atoms with Crippen molar-refractivity contribution in [2.24, 2.45) is 5.92 Å². The van der Waals surface area contributed by atoms with E-state index in [-0.39, 0.29) is 5.91 Å². The maximum atomic E-state index is 12.4. The number of likely N-dealkylation sites (tertiary alicyclic amines) is 1. The molecule has 1 aliphatic heterocycles. The molecule has 3 rings (SSSR count). The number of amides is 1. The first-order chi connectivity index (χ1) is 12.1. The normalized spacial score (nSPS) is 18.2. The largest absolute Gasteiger partial charge is 0.357 e. The molecule has 1 fully saturated rings. The first kappa shape index (κ1) is 18.0. The van der Waals surface area contributed by atoms with Gasteiger partial charge in [0.25, 0.3) is 5.91 Å². The smallest absolute Gasteiger partial charge is 0.270 e. The number of hydrogen-bond acceptors (Lipinski definition) is 2. The molecule has 4 nitrogen and oxygen atoms in total. The van der Waals surface area contributed by atoms with E-state index in [2.05, 4.69) is 22.0 Å². The summed E-state index contributed by atoms with van der Waals surface area (Å²) in [5, 5.41) is 0.788. The summed E-state index contributed by atoms with van der Waals surface area (Å²) in [5.41, 5.74) is 1.99. The Kier molecular flexibility index (Phi) is 6.16. The van der Waals surface area contributed by atoms with Gasteiger partial charge in [-0.2, -0.15) is 0 Å². The number of aromatic nitrogens is 1. The lowest BCUT2D eigenvalue weighted by Crippen LogP contribution is -2.42. The van der Waals surface area contributed by atoms with Crippen LogP contribution < -0.4 is 0 Å². The third kappa shape index (κ3) is 5.10. The van der Waals surface area contributed by atoms with Crippen molar-refractivity contribution < 1.29 is 4.79 Å². The minimum Gasteiger partial charge on any atom is -0.357 e. The molecule has 1 amide bonds. The number of H-pyrrole nitrogens is 1. The molecule has 25 heavy (non-hydrogen) atoms. The van der Waals surface area contributed by atoms with Gasteiger partial charge in [-0.05, 0) is 61.6 Å². The highest BCUT2D eigenvalue weighted by atomic mass is 35.5. The Morgan fingerprint density at radius 3 is 2.84 bits per heavy atom. The number of benzene rings is 1. The zero-order valence-electron chi connectivity index (χ0n) is 14.7. The van der Waals surface area contributed by atoms with Crippen molar-refractivity contribution >= 4 is 17.5 Å². The highest BCUT2D eigenvalue weighted by Gasteiger charge is 2.23. The fourth-order valence-electron chi connectivity index (χ4n) is 3.58. The second-order valence-corrected chi connectivity index (χ2v) is 7.39. The van der Waals surface area contributed by atoms with E-state index in [1.165, 1.54) is 18.4 Å². The standard InChI is InChI=1S/C20H26ClN3O/c1-23(20(25)19-5-2-11-22-19)14-17-4-3-12-24(15-17)13-10-16-6-8-18(21)9-7-16/h2,5-9,11,17,22H,3-4,10,12-15H2,1H3. The van der Waals surface area contributed by atoms with Gasteiger partial charge in [0.1, 0.15) is 5.69 Å². The molecule has 1 unspecified atom stereocenters. The quantitative estimate of drug-likeness (QED) is 0.854. The lowest BCUT2D eigenvalue weighted by atomic mass is 9.97. The average molecular weight is 360 g/mol. The van der Waals surface area contributed by atoms with Gasteiger partial charge in [-0.25, -0.2) is 0 Å². The van der Waals surface area contributed by atoms with Crippen LogP contribution in [0.2, 0.25) is 5.02 Å². The SMILES string of the molecule is CN(CC1CCCN(CCc2ccc(Cl)cc2)C1)C(=O)c1ccc[nH]1. The average Bonchev–Trinajstić information content (AvgIpc) is 3.15. The summed E-state index contributed by atoms with van der Waals surface area (Å²) in [6.07, 6.45) is 5.23. The monoisotopic (exact) mass is 359 g/mol. The number of aromatic amines is 1. The molecule has 0 spiro atoms. The van der Waals surface area contributed by atoms with Crippen LogP contribution in [0.3, 0.4) is 0 Å². The van der Waals surface area contributed by atoms with Gasteiger partial charge in [-0.3, -0.25) is 4.79 Å². The van der Waals surface area contributed by atoms with Gasteiger partial charge in [-0.15, -0.1) is 0 Å². The molecular weight excluding hydrogens is 334 g/mol. The molecule has 1 aromatic carbocycles. The van der Waals surface area contributed by atoms with Crippen molar-refractivity contribution in [1.82, 2.24) is 14.8 Å². The molecule has 1 saturated heterocycles. The zero-order chi connectivity index (χ0) is 17.6. The van der Waals surface area contributed by atoms with E-state index >= 15 is 0 Å². The molecule has 0 aliphatic carbocycles. The van der Waals surface area contributed by atoms with Crippen molar-refractivity contribution in [3.63, 3.8) is 0 Å². The van der Waals surface area contributed by atoms with Crippen LogP contribution in [-0.4, -0.2) is 53.9 Å². The molecule has 1 aromatic heterocycles. The van der Waals surface area contributed by atoms with Crippen LogP contribution in [0, 0.1) is 5.92 Å². The van der Waals surface area contributed by atoms with Crippen molar-refractivity contribution in [3.8, 4) is 0 Å². The molecule has 1 atom stereocenters. The summed E-state index contributed by atoms with van der Waals surface area (Å²) >= 11 is 5.95. The number of nitrogens with one attached hydrogen (secondary N) is 1. The van der Waals surface area contributed by atoms with Gasteiger partial charge in [-0.1, -0.05) is 23.7 Å². The first-order valence-electron chi connectivity index (χ1n) is 8.97. The number of carbonyl (C=O) groups excluding carboxylic acids is 1. The number of halogens is 1. The molecule has 2 heterocycles. The van der Waals surface area contributed by atoms with E-state index in [0.29, 0.717) is 11.6 Å². The Morgan fingerprint density at radius 1 is 1.32 bits per heavy atom. The van der Waals surface area contributed by atoms with E-state index < -0.39 is 0 Å². The number of hydrogen-bond donors (Lipinski definition) is 1. The van der Waals surface area contributed by atoms with Crippen LogP contribution in [0.15, 0.2) is 42.6 Å². The molecule has 0 bridgehead atoms. The Morgan fingerprint density at radius 2 is 2.12 bits per heavy atom. The second-order valence-electron chi connectivity index (χ2n) is 6.95. The molecule has 1 N–H and O–H groups in total. The molecule has 0 saturated carbocycles. The van der Waals surface area contributed by atoms with E-state index in [4.69, 9.17) is 11.6 Å². The predicted molar refractivity (Wildman–Crippen MR) is 102 cm³/mol. The van der Waals surface area contributed by atoms with Gasteiger partial charge in [0.05, 0.1) is 0 Å². The molecule has 0 radical (unpaired) electrons. The third-order valence-corrected chi connectivity index (χ3v) is 5.19. The van der Waals surface area contributed by atoms with E-state index in [9.17, 15) is 4.79 Å². The van der Waals surface area contributed by atoms with E-state index in [1.807, 2.05) is 36.2 Å². The van der Waals surface area contributed by atoms with Gasteiger partial charge in [0, 0.05) is 37.9 Å². The van der Waals surface area contributed by atoms with Crippen molar-refractivity contribution in [2.75, 3.05) is 33.2 Å². The fraction of sp³-hybridized carbons (Fsp3) is 0.450. The number of rotatable bonds is 6. The van der Waals surface area contributed by atoms with E-state index in [1.54, 1.807) is 6.20 Å². The van der Waals surface area contributed by atoms with Crippen LogP contribution in [0.5, 0.6) is 0 Å². The van der Waals surface area contributed by atoms with Gasteiger partial charge < -0.3 is 14.8 Å². The zero-order valence-corrected chi connectivity index (χ0v) is 15.5. The maximum Gasteiger partial charge on any atom is 0.270 e. The predicted octanol–water partition coefficient (Wildman–Crippen LogP) is 3.69. The fourth-order valence-corrected chi connectivity index (χ4v) is 3.71. The number of piperidine rings is 1. The van der Waals surface area contributed by atoms with Gasteiger partial charge in [0.15, 0.2) is 0 Å². The van der Waals surface area contributed by atoms with Crippen molar-refractivity contribution in [1.29, 1.82) is 0 Å². The van der Waals surface area contributed by atoms with Crippen LogP contribution in [0.1, 0.15) is 28.9 Å². The number of nitrogens with zero attached hydrogens (tertiary/aromatic N) is 2. The molecular formula is C20H26ClN3O. The van der Waals surface area contributed by atoms with Crippen LogP contribution in [-0.2, 0) is 6.42 Å². The molecule has 2 aromatic rings. The summed E-state index contributed by atoms with van der Waals surface area (Å²) in [6, 6.07) is 11.8. The molecule has 5 heteroatoms. The minimum absolute atomic E-state index is 0.0725. The summed E-state index contributed by atoms with van der Waals surface area (Å²) < 4.78 is 0. The van der Waals surface area contributed by atoms with Crippen LogP contribution in [0.25, 0.3) is 0 Å². The summed E-state index contributed by atoms with van der Waals surface area (Å²) in [6.45, 7) is 4.09. The summed E-state index contributed by atoms with van der Waals surface area (Å²) in [5.74, 6) is 0.617. The highest BCUT2D eigenvalue weighted by Crippen LogP contribution is 2.19. The number of carbonyl (C=O) groups is 1. The van der Waals surface area contributed by atoms with Crippen LogP contribution in [0.4, 0.5) is 0 Å².